The fourth-order valence-electron chi connectivity index (χ4n) is 0. The third-order valence-electron chi connectivity index (χ3n) is 0. The molecule has 0 aliphatic heterocycles. The second kappa shape index (κ2) is 34.5. The zero-order chi connectivity index (χ0) is 3.58. The zero-order valence-electron chi connectivity index (χ0n) is 5.49. The molecule has 1 radical (unpaired) electrons. The molecule has 0 atom stereocenters. The largest absolute Gasteiger partial charge is 0.358 e. The monoisotopic (exact) mass is 229 g/mol. The summed E-state index contributed by atoms with van der Waals surface area (Å²) < 4.78 is 9.63. The van der Waals surface area contributed by atoms with E-state index in [1.165, 1.54) is 0 Å². The van der Waals surface area contributed by atoms with Gasteiger partial charge in [0.2, 0.25) is 0 Å². The topological polar surface area (TPSA) is 17.1 Å². The molecule has 0 spiro atoms. The molecule has 0 aromatic carbocycles. The molecule has 0 aromatic heterocycles. The zero-order valence-corrected chi connectivity index (χ0v) is 9.32. The van der Waals surface area contributed by atoms with E-state index in [0.29, 0.717) is 0 Å². The van der Waals surface area contributed by atoms with E-state index in [0.717, 1.165) is 0 Å². The van der Waals surface area contributed by atoms with Crippen molar-refractivity contribution in [3.8, 4) is 0 Å². The maximum Gasteiger partial charge on any atom is 0.0703 e. The second-order valence-electron chi connectivity index (χ2n) is 0.908. The average molecular weight is 229 g/mol. The molecule has 0 rings (SSSR count). The summed E-state index contributed by atoms with van der Waals surface area (Å²) in [5.74, 6) is 0. The van der Waals surface area contributed by atoms with Gasteiger partial charge in [-0.05, 0) is 13.3 Å². The van der Waals surface area contributed by atoms with E-state index in [2.05, 4.69) is 0 Å². The van der Waals surface area contributed by atoms with Crippen LogP contribution in [0.5, 0.6) is 0 Å². The van der Waals surface area contributed by atoms with Gasteiger partial charge in [0.1, 0.15) is 0 Å². The molecule has 0 heterocycles. The molecule has 0 saturated carbocycles. The summed E-state index contributed by atoms with van der Waals surface area (Å²) in [6.45, 7) is 3.43. The summed E-state index contributed by atoms with van der Waals surface area (Å²) in [6, 6.07) is 0. The van der Waals surface area contributed by atoms with Crippen LogP contribution in [-0.4, -0.2) is 13.3 Å². The van der Waals surface area contributed by atoms with Crippen molar-refractivity contribution in [2.45, 2.75) is 14.9 Å². The molecule has 0 fully saturated rings. The van der Waals surface area contributed by atoms with Gasteiger partial charge < -0.3 is 19.4 Å². The molecule has 0 amide bonds. The first kappa shape index (κ1) is 47.9. The molecule has 3 heteroatoms. The molecular formula is C6H21OPY-2. The molecule has 0 unspecified atom stereocenters. The van der Waals surface area contributed by atoms with E-state index >= 15 is 0 Å². The second-order valence-corrected chi connectivity index (χ2v) is 2.72. The Balaban J connectivity index is -0.00000000450. The molecule has 0 saturated heterocycles. The van der Waals surface area contributed by atoms with E-state index < -0.39 is 7.80 Å². The van der Waals surface area contributed by atoms with E-state index in [4.69, 9.17) is 0 Å². The molecular weight excluding hydrogens is 208 g/mol. The first-order chi connectivity index (χ1) is 1.73. The Bertz CT molecular complexity index is 36.0. The molecule has 61 valence electrons. The first-order valence-electron chi connectivity index (χ1n) is 1.20. The maximum atomic E-state index is 9.63. The van der Waals surface area contributed by atoms with E-state index in [-0.39, 0.29) is 62.4 Å². The standard InChI is InChI=1S/C2H7OP.2CH4.2CH3.Y/c1-4(2)3;;;;;/h4H,1-2H3;2*1H4;2*1H3;/q;;;2*-1;. The molecule has 0 bridgehead atoms. The van der Waals surface area contributed by atoms with Crippen LogP contribution in [0, 0.1) is 14.9 Å². The van der Waals surface area contributed by atoms with Gasteiger partial charge in [-0.2, -0.15) is 0 Å². The quantitative estimate of drug-likeness (QED) is 0.461. The normalized spacial score (nSPS) is 3.89. The summed E-state index contributed by atoms with van der Waals surface area (Å²) in [5.41, 5.74) is 0. The Hall–Kier alpha value is 1.33. The van der Waals surface area contributed by atoms with E-state index in [9.17, 15) is 4.57 Å². The minimum absolute atomic E-state index is 0. The van der Waals surface area contributed by atoms with Crippen LogP contribution in [-0.2, 0) is 37.3 Å². The first-order valence-corrected chi connectivity index (χ1v) is 3.61. The summed E-state index contributed by atoms with van der Waals surface area (Å²) in [7, 11) is -1.13. The van der Waals surface area contributed by atoms with Crippen molar-refractivity contribution in [1.82, 2.24) is 0 Å². The van der Waals surface area contributed by atoms with Crippen LogP contribution in [0.2, 0.25) is 0 Å². The van der Waals surface area contributed by atoms with Crippen LogP contribution in [0.15, 0.2) is 0 Å². The van der Waals surface area contributed by atoms with Gasteiger partial charge in [0.05, 0.1) is 7.80 Å². The van der Waals surface area contributed by atoms with Crippen LogP contribution in [0.4, 0.5) is 0 Å². The maximum absolute atomic E-state index is 9.63. The summed E-state index contributed by atoms with van der Waals surface area (Å²) in [4.78, 5) is 0. The molecule has 0 aromatic rings. The molecule has 1 nitrogen and oxygen atoms in total. The predicted molar refractivity (Wildman–Crippen MR) is 47.1 cm³/mol. The van der Waals surface area contributed by atoms with Crippen molar-refractivity contribution in [3.05, 3.63) is 14.9 Å². The van der Waals surface area contributed by atoms with Gasteiger partial charge >= 0.3 is 0 Å². The van der Waals surface area contributed by atoms with Crippen LogP contribution < -0.4 is 0 Å². The molecule has 0 aliphatic rings. The van der Waals surface area contributed by atoms with Gasteiger partial charge in [0.15, 0.2) is 0 Å². The van der Waals surface area contributed by atoms with Gasteiger partial charge in [-0.25, -0.2) is 0 Å². The Labute approximate surface area is 87.7 Å². The van der Waals surface area contributed by atoms with Gasteiger partial charge in [-0.3, -0.25) is 0 Å². The Morgan fingerprint density at radius 3 is 1.00 bits per heavy atom. The third-order valence-corrected chi connectivity index (χ3v) is 0. The van der Waals surface area contributed by atoms with Crippen LogP contribution in [0.3, 0.4) is 0 Å². The fourth-order valence-corrected chi connectivity index (χ4v) is 0. The minimum Gasteiger partial charge on any atom is -0.358 e. The van der Waals surface area contributed by atoms with Gasteiger partial charge in [-0.1, -0.05) is 14.9 Å². The predicted octanol–water partition coefficient (Wildman–Crippen LogP) is 2.98. The number of hydrogen-bond acceptors (Lipinski definition) is 1. The van der Waals surface area contributed by atoms with Crippen LogP contribution in [0.25, 0.3) is 0 Å². The minimum atomic E-state index is -1.13. The Kier molecular flexibility index (Phi) is 184. The molecule has 0 aliphatic carbocycles. The van der Waals surface area contributed by atoms with Gasteiger partial charge in [0, 0.05) is 32.7 Å². The number of hydrogen-bond donors (Lipinski definition) is 0. The average Bonchev–Trinajstić information content (AvgIpc) is 0.811. The van der Waals surface area contributed by atoms with Gasteiger partial charge in [-0.15, -0.1) is 0 Å². The smallest absolute Gasteiger partial charge is 0.0703 e. The van der Waals surface area contributed by atoms with Crippen LogP contribution in [0.1, 0.15) is 14.9 Å². The van der Waals surface area contributed by atoms with Gasteiger partial charge in [0.25, 0.3) is 0 Å². The summed E-state index contributed by atoms with van der Waals surface area (Å²) in [6.07, 6.45) is 0. The molecule has 0 N–H and O–H groups in total. The fraction of sp³-hybridized carbons (Fsp3) is 0.667. The van der Waals surface area contributed by atoms with Crippen molar-refractivity contribution < 1.29 is 37.3 Å². The SMILES string of the molecule is C.C.C[PH](C)=O.[CH3-].[CH3-].[Y]. The van der Waals surface area contributed by atoms with Crippen LogP contribution >= 0.6 is 7.80 Å². The Morgan fingerprint density at radius 1 is 1.00 bits per heavy atom. The Morgan fingerprint density at radius 2 is 1.00 bits per heavy atom. The third kappa shape index (κ3) is 282. The summed E-state index contributed by atoms with van der Waals surface area (Å²) >= 11 is 0. The summed E-state index contributed by atoms with van der Waals surface area (Å²) in [5, 5.41) is 0. The number of rotatable bonds is 0. The van der Waals surface area contributed by atoms with Crippen molar-refractivity contribution in [2.75, 3.05) is 13.3 Å². The van der Waals surface area contributed by atoms with Crippen molar-refractivity contribution in [1.29, 1.82) is 0 Å². The van der Waals surface area contributed by atoms with Crippen molar-refractivity contribution >= 4 is 7.80 Å². The van der Waals surface area contributed by atoms with E-state index in [1.54, 1.807) is 13.3 Å². The molecule has 9 heavy (non-hydrogen) atoms. The van der Waals surface area contributed by atoms with E-state index in [1.807, 2.05) is 0 Å². The van der Waals surface area contributed by atoms with Crippen molar-refractivity contribution in [3.63, 3.8) is 0 Å². The van der Waals surface area contributed by atoms with Crippen molar-refractivity contribution in [2.24, 2.45) is 0 Å².